The van der Waals surface area contributed by atoms with Crippen LogP contribution in [0.4, 0.5) is 5.82 Å². The average Bonchev–Trinajstić information content (AvgIpc) is 3.13. The van der Waals surface area contributed by atoms with E-state index >= 15 is 0 Å². The summed E-state index contributed by atoms with van der Waals surface area (Å²) >= 11 is 1.54. The number of amidine groups is 1. The molecule has 0 aliphatic carbocycles. The summed E-state index contributed by atoms with van der Waals surface area (Å²) in [6, 6.07) is 3.06. The van der Waals surface area contributed by atoms with Crippen molar-refractivity contribution in [2.24, 2.45) is 4.99 Å². The van der Waals surface area contributed by atoms with Gasteiger partial charge in [0.1, 0.15) is 5.82 Å². The molecule has 0 bridgehead atoms. The number of nitrogens with one attached hydrogen (secondary N) is 1. The molecule has 0 atom stereocenters. The number of amides is 1. The second-order valence-corrected chi connectivity index (χ2v) is 5.75. The van der Waals surface area contributed by atoms with Crippen LogP contribution >= 0.6 is 11.8 Å². The van der Waals surface area contributed by atoms with E-state index in [1.807, 2.05) is 10.3 Å². The maximum atomic E-state index is 12.2. The van der Waals surface area contributed by atoms with Gasteiger partial charge >= 0.3 is 5.97 Å². The second kappa shape index (κ2) is 6.82. The summed E-state index contributed by atoms with van der Waals surface area (Å²) in [5.41, 5.74) is 1.30. The highest BCUT2D eigenvalue weighted by Gasteiger charge is 2.27. The molecule has 0 spiro atoms. The standard InChI is InChI=1S/C15H16N4O3S/c1-2-22-14(21)10-3-4-16-12(7-10)18-13(20)8-11-9-23-15-17-5-6-19(11)15/h3-4,7,9H,2,5-6,8H2,1H3,(H,16,18,20). The molecule has 8 heteroatoms. The lowest BCUT2D eigenvalue weighted by Crippen LogP contribution is -2.24. The Bertz CT molecular complexity index is 702. The van der Waals surface area contributed by atoms with Crippen molar-refractivity contribution in [1.29, 1.82) is 0 Å². The first-order valence-corrected chi connectivity index (χ1v) is 8.16. The number of esters is 1. The quantitative estimate of drug-likeness (QED) is 0.829. The third-order valence-electron chi connectivity index (χ3n) is 3.33. The lowest BCUT2D eigenvalue weighted by Gasteiger charge is -2.16. The van der Waals surface area contributed by atoms with Crippen LogP contribution in [-0.4, -0.2) is 46.6 Å². The summed E-state index contributed by atoms with van der Waals surface area (Å²) in [6.45, 7) is 3.63. The van der Waals surface area contributed by atoms with Crippen LogP contribution in [0.15, 0.2) is 34.4 Å². The second-order valence-electron chi connectivity index (χ2n) is 4.92. The zero-order valence-electron chi connectivity index (χ0n) is 12.6. The minimum atomic E-state index is -0.432. The highest BCUT2D eigenvalue weighted by molar-refractivity contribution is 8.16. The predicted octanol–water partition coefficient (Wildman–Crippen LogP) is 1.85. The molecular weight excluding hydrogens is 316 g/mol. The average molecular weight is 332 g/mol. The molecular formula is C15H16N4O3S. The molecule has 2 aliphatic rings. The van der Waals surface area contributed by atoms with E-state index in [0.29, 0.717) is 18.0 Å². The number of ether oxygens (including phenoxy) is 1. The Morgan fingerprint density at radius 2 is 2.35 bits per heavy atom. The first kappa shape index (κ1) is 15.5. The number of hydrogen-bond donors (Lipinski definition) is 1. The van der Waals surface area contributed by atoms with Gasteiger partial charge in [-0.15, -0.1) is 0 Å². The number of thioether (sulfide) groups is 1. The normalized spacial score (nSPS) is 15.8. The number of nitrogens with zero attached hydrogens (tertiary/aromatic N) is 3. The van der Waals surface area contributed by atoms with Gasteiger partial charge in [-0.3, -0.25) is 9.79 Å². The summed E-state index contributed by atoms with van der Waals surface area (Å²) in [4.78, 5) is 34.3. The topological polar surface area (TPSA) is 83.9 Å². The van der Waals surface area contributed by atoms with Gasteiger partial charge in [0.25, 0.3) is 0 Å². The Balaban J connectivity index is 1.61. The first-order valence-electron chi connectivity index (χ1n) is 7.28. The van der Waals surface area contributed by atoms with Crippen molar-refractivity contribution < 1.29 is 14.3 Å². The third-order valence-corrected chi connectivity index (χ3v) is 4.28. The highest BCUT2D eigenvalue weighted by Crippen LogP contribution is 2.30. The van der Waals surface area contributed by atoms with Gasteiger partial charge in [-0.05, 0) is 24.5 Å². The van der Waals surface area contributed by atoms with Crippen LogP contribution in [0.1, 0.15) is 23.7 Å². The molecule has 1 N–H and O–H groups in total. The largest absolute Gasteiger partial charge is 0.462 e. The van der Waals surface area contributed by atoms with Gasteiger partial charge in [-0.1, -0.05) is 11.8 Å². The summed E-state index contributed by atoms with van der Waals surface area (Å²) in [7, 11) is 0. The SMILES string of the molecule is CCOC(=O)c1ccnc(NC(=O)CC2=CSC3=NCCN23)c1. The number of carbonyl (C=O) groups is 2. The van der Waals surface area contributed by atoms with Gasteiger partial charge < -0.3 is 15.0 Å². The Hall–Kier alpha value is -2.35. The van der Waals surface area contributed by atoms with E-state index < -0.39 is 5.97 Å². The third kappa shape index (κ3) is 3.53. The van der Waals surface area contributed by atoms with Crippen LogP contribution in [0.25, 0.3) is 0 Å². The number of aliphatic imine (C=N–C) groups is 1. The monoisotopic (exact) mass is 332 g/mol. The van der Waals surface area contributed by atoms with E-state index in [1.165, 1.54) is 24.0 Å². The molecule has 0 saturated carbocycles. The number of carbonyl (C=O) groups excluding carboxylic acids is 2. The number of fused-ring (bicyclic) bond motifs is 1. The molecule has 0 radical (unpaired) electrons. The molecule has 2 aliphatic heterocycles. The number of pyridine rings is 1. The summed E-state index contributed by atoms with van der Waals surface area (Å²) in [6.07, 6.45) is 1.72. The molecule has 7 nitrogen and oxygen atoms in total. The van der Waals surface area contributed by atoms with E-state index in [9.17, 15) is 9.59 Å². The minimum absolute atomic E-state index is 0.182. The fourth-order valence-corrected chi connectivity index (χ4v) is 3.26. The van der Waals surface area contributed by atoms with Crippen molar-refractivity contribution >= 4 is 34.6 Å². The van der Waals surface area contributed by atoms with Gasteiger partial charge in [0, 0.05) is 18.4 Å². The van der Waals surface area contributed by atoms with Crippen LogP contribution in [0.3, 0.4) is 0 Å². The van der Waals surface area contributed by atoms with Crippen LogP contribution < -0.4 is 5.32 Å². The molecule has 3 heterocycles. The van der Waals surface area contributed by atoms with Crippen molar-refractivity contribution in [1.82, 2.24) is 9.88 Å². The van der Waals surface area contributed by atoms with Crippen LogP contribution in [0.5, 0.6) is 0 Å². The zero-order valence-corrected chi connectivity index (χ0v) is 13.4. The Morgan fingerprint density at radius 1 is 1.48 bits per heavy atom. The van der Waals surface area contributed by atoms with Gasteiger partial charge in [0.15, 0.2) is 5.17 Å². The molecule has 120 valence electrons. The molecule has 1 aromatic heterocycles. The van der Waals surface area contributed by atoms with E-state index in [0.717, 1.165) is 24.0 Å². The maximum absolute atomic E-state index is 12.2. The van der Waals surface area contributed by atoms with E-state index in [1.54, 1.807) is 13.0 Å². The fourth-order valence-electron chi connectivity index (χ4n) is 2.31. The summed E-state index contributed by atoms with van der Waals surface area (Å²) < 4.78 is 4.93. The first-order chi connectivity index (χ1) is 11.2. The molecule has 0 unspecified atom stereocenters. The van der Waals surface area contributed by atoms with Crippen LogP contribution in [-0.2, 0) is 9.53 Å². The highest BCUT2D eigenvalue weighted by atomic mass is 32.2. The molecule has 1 amide bonds. The number of hydrogen-bond acceptors (Lipinski definition) is 7. The predicted molar refractivity (Wildman–Crippen MR) is 88.1 cm³/mol. The Morgan fingerprint density at radius 3 is 3.17 bits per heavy atom. The molecule has 3 rings (SSSR count). The van der Waals surface area contributed by atoms with Gasteiger partial charge in [-0.2, -0.15) is 0 Å². The van der Waals surface area contributed by atoms with Crippen molar-refractivity contribution in [3.63, 3.8) is 0 Å². The molecule has 0 aromatic carbocycles. The molecule has 0 saturated heterocycles. The fraction of sp³-hybridized carbons (Fsp3) is 0.333. The van der Waals surface area contributed by atoms with Crippen molar-refractivity contribution in [3.8, 4) is 0 Å². The number of anilines is 1. The molecule has 23 heavy (non-hydrogen) atoms. The van der Waals surface area contributed by atoms with Gasteiger partial charge in [-0.25, -0.2) is 9.78 Å². The number of aromatic nitrogens is 1. The van der Waals surface area contributed by atoms with E-state index in [2.05, 4.69) is 15.3 Å². The van der Waals surface area contributed by atoms with Crippen molar-refractivity contribution in [2.45, 2.75) is 13.3 Å². The van der Waals surface area contributed by atoms with Crippen LogP contribution in [0, 0.1) is 0 Å². The summed E-state index contributed by atoms with van der Waals surface area (Å²) in [5.74, 6) is -0.279. The maximum Gasteiger partial charge on any atom is 0.338 e. The van der Waals surface area contributed by atoms with Crippen molar-refractivity contribution in [3.05, 3.63) is 35.0 Å². The Labute approximate surface area is 137 Å². The van der Waals surface area contributed by atoms with Crippen molar-refractivity contribution in [2.75, 3.05) is 25.0 Å². The number of rotatable bonds is 5. The zero-order chi connectivity index (χ0) is 16.2. The smallest absolute Gasteiger partial charge is 0.338 e. The van der Waals surface area contributed by atoms with Crippen LogP contribution in [0.2, 0.25) is 0 Å². The van der Waals surface area contributed by atoms with E-state index in [4.69, 9.17) is 4.74 Å². The lowest BCUT2D eigenvalue weighted by molar-refractivity contribution is -0.115. The Kier molecular flexibility index (Phi) is 4.61. The molecule has 0 fully saturated rings. The van der Waals surface area contributed by atoms with Gasteiger partial charge in [0.05, 0.1) is 25.1 Å². The van der Waals surface area contributed by atoms with E-state index in [-0.39, 0.29) is 12.3 Å². The lowest BCUT2D eigenvalue weighted by atomic mass is 10.2. The minimum Gasteiger partial charge on any atom is -0.462 e. The summed E-state index contributed by atoms with van der Waals surface area (Å²) in [5, 5.41) is 5.61. The van der Waals surface area contributed by atoms with Gasteiger partial charge in [0.2, 0.25) is 5.91 Å². The molecule has 1 aromatic rings.